The van der Waals surface area contributed by atoms with Crippen LogP contribution in [-0.2, 0) is 17.8 Å². The van der Waals surface area contributed by atoms with Crippen LogP contribution in [0.1, 0.15) is 34.2 Å². The van der Waals surface area contributed by atoms with Gasteiger partial charge >= 0.3 is 0 Å². The van der Waals surface area contributed by atoms with Crippen molar-refractivity contribution >= 4 is 34.8 Å². The number of hydrogen-bond donors (Lipinski definition) is 2. The fourth-order valence-corrected chi connectivity index (χ4v) is 3.21. The van der Waals surface area contributed by atoms with Crippen LogP contribution in [0.5, 0.6) is 0 Å². The van der Waals surface area contributed by atoms with Gasteiger partial charge in [0.15, 0.2) is 5.78 Å². The summed E-state index contributed by atoms with van der Waals surface area (Å²) in [5.41, 5.74) is 0. The van der Waals surface area contributed by atoms with Crippen LogP contribution in [0.3, 0.4) is 0 Å². The molecule has 0 aliphatic heterocycles. The van der Waals surface area contributed by atoms with E-state index < -0.39 is 0 Å². The zero-order valence-corrected chi connectivity index (χ0v) is 13.4. The SMILES string of the molecule is CCc1nc(SCC(=O)c2ccc(CNC(C)=O)s2)n[nH]1. The number of carbonyl (C=O) groups excluding carboxylic acids is 2. The molecule has 6 nitrogen and oxygen atoms in total. The molecule has 8 heteroatoms. The molecule has 0 spiro atoms. The molecule has 112 valence electrons. The molecule has 2 aromatic rings. The molecule has 0 fully saturated rings. The molecule has 0 aliphatic rings. The van der Waals surface area contributed by atoms with Gasteiger partial charge in [-0.05, 0) is 12.1 Å². The number of thiophene rings is 1. The van der Waals surface area contributed by atoms with Crippen LogP contribution in [0.4, 0.5) is 0 Å². The zero-order valence-electron chi connectivity index (χ0n) is 11.8. The van der Waals surface area contributed by atoms with Crippen molar-refractivity contribution in [3.05, 3.63) is 27.7 Å². The number of aromatic nitrogens is 3. The Morgan fingerprint density at radius 2 is 2.24 bits per heavy atom. The topological polar surface area (TPSA) is 87.7 Å². The van der Waals surface area contributed by atoms with E-state index in [2.05, 4.69) is 20.5 Å². The highest BCUT2D eigenvalue weighted by atomic mass is 32.2. The molecule has 0 saturated heterocycles. The van der Waals surface area contributed by atoms with Gasteiger partial charge in [0.2, 0.25) is 11.1 Å². The minimum absolute atomic E-state index is 0.0434. The predicted molar refractivity (Wildman–Crippen MR) is 82.7 cm³/mol. The number of aryl methyl sites for hydroxylation is 1. The highest BCUT2D eigenvalue weighted by Crippen LogP contribution is 2.20. The van der Waals surface area contributed by atoms with E-state index in [1.165, 1.54) is 30.0 Å². The van der Waals surface area contributed by atoms with Crippen molar-refractivity contribution < 1.29 is 9.59 Å². The zero-order chi connectivity index (χ0) is 15.2. The van der Waals surface area contributed by atoms with Crippen molar-refractivity contribution in [2.75, 3.05) is 5.75 Å². The average Bonchev–Trinajstić information content (AvgIpc) is 3.11. The lowest BCUT2D eigenvalue weighted by molar-refractivity contribution is -0.119. The van der Waals surface area contributed by atoms with Crippen LogP contribution in [-0.4, -0.2) is 32.6 Å². The second kappa shape index (κ2) is 7.37. The molecule has 0 aliphatic carbocycles. The first-order valence-electron chi connectivity index (χ1n) is 6.49. The quantitative estimate of drug-likeness (QED) is 0.601. The number of carbonyl (C=O) groups is 2. The summed E-state index contributed by atoms with van der Waals surface area (Å²) in [6.07, 6.45) is 0.791. The van der Waals surface area contributed by atoms with E-state index in [0.717, 1.165) is 17.1 Å². The Morgan fingerprint density at radius 1 is 1.43 bits per heavy atom. The van der Waals surface area contributed by atoms with E-state index in [-0.39, 0.29) is 11.7 Å². The first kappa shape index (κ1) is 15.7. The number of rotatable bonds is 7. The van der Waals surface area contributed by atoms with Gasteiger partial charge in [0.1, 0.15) is 5.82 Å². The van der Waals surface area contributed by atoms with Crippen LogP contribution in [0.25, 0.3) is 0 Å². The summed E-state index contributed by atoms with van der Waals surface area (Å²) in [6.45, 7) is 3.92. The highest BCUT2D eigenvalue weighted by Gasteiger charge is 2.12. The predicted octanol–water partition coefficient (Wildman–Crippen LogP) is 2.04. The van der Waals surface area contributed by atoms with Gasteiger partial charge in [-0.3, -0.25) is 14.7 Å². The van der Waals surface area contributed by atoms with Gasteiger partial charge in [-0.25, -0.2) is 4.98 Å². The first-order valence-corrected chi connectivity index (χ1v) is 8.29. The number of nitrogens with one attached hydrogen (secondary N) is 2. The molecular weight excluding hydrogens is 308 g/mol. The minimum Gasteiger partial charge on any atom is -0.351 e. The van der Waals surface area contributed by atoms with Crippen LogP contribution in [0.15, 0.2) is 17.3 Å². The largest absolute Gasteiger partial charge is 0.351 e. The minimum atomic E-state index is -0.0804. The van der Waals surface area contributed by atoms with Crippen molar-refractivity contribution in [3.8, 4) is 0 Å². The van der Waals surface area contributed by atoms with E-state index in [9.17, 15) is 9.59 Å². The number of nitrogens with zero attached hydrogens (tertiary/aromatic N) is 2. The van der Waals surface area contributed by atoms with E-state index in [4.69, 9.17) is 0 Å². The lowest BCUT2D eigenvalue weighted by atomic mass is 10.3. The number of hydrogen-bond acceptors (Lipinski definition) is 6. The monoisotopic (exact) mass is 324 g/mol. The van der Waals surface area contributed by atoms with E-state index >= 15 is 0 Å². The molecule has 2 heterocycles. The maximum atomic E-state index is 12.1. The Balaban J connectivity index is 1.86. The third-order valence-electron chi connectivity index (χ3n) is 2.63. The lowest BCUT2D eigenvalue weighted by Crippen LogP contribution is -2.18. The molecule has 0 aromatic carbocycles. The Bertz CT molecular complexity index is 636. The van der Waals surface area contributed by atoms with Gasteiger partial charge in [-0.1, -0.05) is 18.7 Å². The van der Waals surface area contributed by atoms with Gasteiger partial charge in [-0.15, -0.1) is 16.4 Å². The molecule has 2 rings (SSSR count). The summed E-state index contributed by atoms with van der Waals surface area (Å²) in [4.78, 5) is 28.8. The second-order valence-corrected chi connectivity index (χ2v) is 6.42. The molecule has 1 amide bonds. The van der Waals surface area contributed by atoms with E-state index in [1.54, 1.807) is 6.07 Å². The second-order valence-electron chi connectivity index (χ2n) is 4.31. The summed E-state index contributed by atoms with van der Waals surface area (Å²) in [5, 5.41) is 10.2. The molecule has 0 atom stereocenters. The molecule has 0 radical (unpaired) electrons. The maximum Gasteiger partial charge on any atom is 0.217 e. The molecular formula is C13H16N4O2S2. The normalized spacial score (nSPS) is 10.6. The Hall–Kier alpha value is -1.67. The van der Waals surface area contributed by atoms with Crippen molar-refractivity contribution in [1.29, 1.82) is 0 Å². The number of amides is 1. The molecule has 21 heavy (non-hydrogen) atoms. The molecule has 2 N–H and O–H groups in total. The number of aromatic amines is 1. The average molecular weight is 324 g/mol. The lowest BCUT2D eigenvalue weighted by Gasteiger charge is -1.97. The summed E-state index contributed by atoms with van der Waals surface area (Å²) in [6, 6.07) is 3.65. The van der Waals surface area contributed by atoms with Crippen LogP contribution in [0.2, 0.25) is 0 Å². The van der Waals surface area contributed by atoms with Gasteiger partial charge in [0, 0.05) is 18.2 Å². The molecule has 0 saturated carbocycles. The van der Waals surface area contributed by atoms with Crippen molar-refractivity contribution in [3.63, 3.8) is 0 Å². The van der Waals surface area contributed by atoms with Gasteiger partial charge in [-0.2, -0.15) is 0 Å². The van der Waals surface area contributed by atoms with Crippen molar-refractivity contribution in [2.24, 2.45) is 0 Å². The van der Waals surface area contributed by atoms with Crippen molar-refractivity contribution in [1.82, 2.24) is 20.5 Å². The Morgan fingerprint density at radius 3 is 2.90 bits per heavy atom. The van der Waals surface area contributed by atoms with Gasteiger partial charge in [0.25, 0.3) is 0 Å². The first-order chi connectivity index (χ1) is 10.1. The number of Topliss-reactive ketones (excluding diaryl/α,β-unsaturated/α-hetero) is 1. The Labute approximate surface area is 130 Å². The number of H-pyrrole nitrogens is 1. The smallest absolute Gasteiger partial charge is 0.217 e. The third kappa shape index (κ3) is 4.68. The third-order valence-corrected chi connectivity index (χ3v) is 4.60. The molecule has 0 bridgehead atoms. The Kier molecular flexibility index (Phi) is 5.51. The van der Waals surface area contributed by atoms with Gasteiger partial charge in [0.05, 0.1) is 17.2 Å². The summed E-state index contributed by atoms with van der Waals surface area (Å²) >= 11 is 2.72. The van der Waals surface area contributed by atoms with E-state index in [0.29, 0.717) is 22.3 Å². The fourth-order valence-electron chi connectivity index (χ4n) is 1.54. The number of ketones is 1. The van der Waals surface area contributed by atoms with Gasteiger partial charge < -0.3 is 5.32 Å². The summed E-state index contributed by atoms with van der Waals surface area (Å²) in [5.74, 6) is 1.09. The van der Waals surface area contributed by atoms with Crippen LogP contribution < -0.4 is 5.32 Å². The van der Waals surface area contributed by atoms with Crippen molar-refractivity contribution in [2.45, 2.75) is 32.0 Å². The number of thioether (sulfide) groups is 1. The van der Waals surface area contributed by atoms with Crippen LogP contribution in [0, 0.1) is 0 Å². The molecule has 2 aromatic heterocycles. The standard InChI is InChI=1S/C13H16N4O2S2/c1-3-12-15-13(17-16-12)20-7-10(19)11-5-4-9(21-11)6-14-8(2)18/h4-5H,3,6-7H2,1-2H3,(H,14,18)(H,15,16,17). The maximum absolute atomic E-state index is 12.1. The molecule has 0 unspecified atom stereocenters. The summed E-state index contributed by atoms with van der Waals surface area (Å²) in [7, 11) is 0. The van der Waals surface area contributed by atoms with E-state index in [1.807, 2.05) is 13.0 Å². The highest BCUT2D eigenvalue weighted by molar-refractivity contribution is 7.99. The summed E-state index contributed by atoms with van der Waals surface area (Å²) < 4.78 is 0. The van der Waals surface area contributed by atoms with Crippen LogP contribution >= 0.6 is 23.1 Å². The fraction of sp³-hybridized carbons (Fsp3) is 0.385.